The molecule has 0 spiro atoms. The molecule has 0 radical (unpaired) electrons. The Hall–Kier alpha value is -1.13. The summed E-state index contributed by atoms with van der Waals surface area (Å²) in [6.07, 6.45) is 0. The van der Waals surface area contributed by atoms with Crippen LogP contribution in [0.5, 0.6) is 0 Å². The van der Waals surface area contributed by atoms with Gasteiger partial charge >= 0.3 is 0 Å². The number of aromatic nitrogens is 1. The molecule has 2 rings (SSSR count). The smallest absolute Gasteiger partial charge is 0.183 e. The Kier molecular flexibility index (Phi) is 4.11. The van der Waals surface area contributed by atoms with Gasteiger partial charge < -0.3 is 5.32 Å². The highest BCUT2D eigenvalue weighted by Gasteiger charge is 2.17. The molecular weight excluding hydrogens is 283 g/mol. The van der Waals surface area contributed by atoms with Gasteiger partial charge in [-0.2, -0.15) is 0 Å². The number of rotatable bonds is 3. The summed E-state index contributed by atoms with van der Waals surface area (Å²) in [6.45, 7) is 6.92. The Morgan fingerprint density at radius 2 is 2.11 bits per heavy atom. The van der Waals surface area contributed by atoms with Gasteiger partial charge in [0.1, 0.15) is 5.82 Å². The third kappa shape index (κ3) is 3.67. The van der Waals surface area contributed by atoms with Crippen molar-refractivity contribution in [2.75, 3.05) is 5.32 Å². The number of benzene rings is 1. The highest BCUT2D eigenvalue weighted by atomic mass is 35.5. The maximum absolute atomic E-state index is 12.9. The summed E-state index contributed by atoms with van der Waals surface area (Å²) in [7, 11) is 0. The summed E-state index contributed by atoms with van der Waals surface area (Å²) < 4.78 is 12.9. The Balaban J connectivity index is 2.04. The van der Waals surface area contributed by atoms with Crippen molar-refractivity contribution in [1.29, 1.82) is 0 Å². The van der Waals surface area contributed by atoms with Crippen molar-refractivity contribution in [2.24, 2.45) is 0 Å². The lowest BCUT2D eigenvalue weighted by Crippen LogP contribution is -2.11. The van der Waals surface area contributed by atoms with Crippen molar-refractivity contribution in [3.05, 3.63) is 45.7 Å². The van der Waals surface area contributed by atoms with Crippen LogP contribution in [0, 0.1) is 5.82 Å². The maximum atomic E-state index is 12.9. The number of thiazole rings is 1. The van der Waals surface area contributed by atoms with Crippen molar-refractivity contribution in [2.45, 2.75) is 32.7 Å². The van der Waals surface area contributed by atoms with E-state index in [0.29, 0.717) is 11.6 Å². The predicted molar refractivity (Wildman–Crippen MR) is 79.6 cm³/mol. The fourth-order valence-corrected chi connectivity index (χ4v) is 2.71. The summed E-state index contributed by atoms with van der Waals surface area (Å²) in [5, 5.41) is 6.55. The third-order valence-electron chi connectivity index (χ3n) is 2.72. The first-order valence-electron chi connectivity index (χ1n) is 6.00. The highest BCUT2D eigenvalue weighted by molar-refractivity contribution is 7.13. The first-order valence-corrected chi connectivity index (χ1v) is 7.26. The molecule has 0 fully saturated rings. The fourth-order valence-electron chi connectivity index (χ4n) is 1.54. The van der Waals surface area contributed by atoms with Gasteiger partial charge in [-0.05, 0) is 17.7 Å². The Morgan fingerprint density at radius 1 is 1.37 bits per heavy atom. The molecule has 0 saturated carbocycles. The van der Waals surface area contributed by atoms with E-state index in [1.54, 1.807) is 17.4 Å². The van der Waals surface area contributed by atoms with E-state index in [9.17, 15) is 4.39 Å². The van der Waals surface area contributed by atoms with E-state index in [0.717, 1.165) is 16.4 Å². The number of anilines is 1. The second-order valence-corrected chi connectivity index (χ2v) is 6.64. The van der Waals surface area contributed by atoms with Crippen molar-refractivity contribution in [3.63, 3.8) is 0 Å². The van der Waals surface area contributed by atoms with Crippen LogP contribution in [0.2, 0.25) is 5.02 Å². The normalized spacial score (nSPS) is 11.6. The van der Waals surface area contributed by atoms with Crippen LogP contribution < -0.4 is 5.32 Å². The lowest BCUT2D eigenvalue weighted by Gasteiger charge is -2.14. The summed E-state index contributed by atoms with van der Waals surface area (Å²) in [6, 6.07) is 4.41. The molecule has 19 heavy (non-hydrogen) atoms. The Morgan fingerprint density at radius 3 is 2.68 bits per heavy atom. The number of nitrogens with one attached hydrogen (secondary N) is 1. The van der Waals surface area contributed by atoms with Crippen LogP contribution in [0.3, 0.4) is 0 Å². The monoisotopic (exact) mass is 298 g/mol. The Bertz CT molecular complexity index is 575. The molecule has 102 valence electrons. The molecule has 0 aliphatic rings. The summed E-state index contributed by atoms with van der Waals surface area (Å²) in [5.41, 5.74) is 1.96. The second-order valence-electron chi connectivity index (χ2n) is 5.38. The van der Waals surface area contributed by atoms with Crippen LogP contribution in [0.15, 0.2) is 23.6 Å². The lowest BCUT2D eigenvalue weighted by molar-refractivity contribution is 0.573. The van der Waals surface area contributed by atoms with Gasteiger partial charge in [0.15, 0.2) is 5.13 Å². The Labute approximate surface area is 121 Å². The first-order chi connectivity index (χ1) is 8.86. The third-order valence-corrected chi connectivity index (χ3v) is 3.87. The minimum Gasteiger partial charge on any atom is -0.357 e. The minimum absolute atomic E-state index is 0.0456. The van der Waals surface area contributed by atoms with E-state index < -0.39 is 0 Å². The van der Waals surface area contributed by atoms with Crippen LogP contribution in [-0.2, 0) is 12.0 Å². The zero-order valence-corrected chi connectivity index (χ0v) is 12.7. The molecule has 0 saturated heterocycles. The summed E-state index contributed by atoms with van der Waals surface area (Å²) in [4.78, 5) is 4.53. The topological polar surface area (TPSA) is 24.9 Å². The van der Waals surface area contributed by atoms with Crippen LogP contribution in [0.25, 0.3) is 0 Å². The molecule has 2 nitrogen and oxygen atoms in total. The van der Waals surface area contributed by atoms with E-state index >= 15 is 0 Å². The van der Waals surface area contributed by atoms with Crippen molar-refractivity contribution < 1.29 is 4.39 Å². The van der Waals surface area contributed by atoms with Crippen molar-refractivity contribution in [3.8, 4) is 0 Å². The van der Waals surface area contributed by atoms with Gasteiger partial charge in [0.05, 0.1) is 5.69 Å². The average Bonchev–Trinajstić information content (AvgIpc) is 2.76. The molecule has 0 amide bonds. The van der Waals surface area contributed by atoms with Crippen molar-refractivity contribution in [1.82, 2.24) is 4.98 Å². The SMILES string of the molecule is CC(C)(C)c1csc(NCc2ccc(F)cc2Cl)n1. The fraction of sp³-hybridized carbons (Fsp3) is 0.357. The lowest BCUT2D eigenvalue weighted by atomic mass is 9.93. The van der Waals surface area contributed by atoms with Crippen LogP contribution in [0.4, 0.5) is 9.52 Å². The molecule has 0 atom stereocenters. The predicted octanol–water partition coefficient (Wildman–Crippen LogP) is 4.85. The minimum atomic E-state index is -0.321. The molecule has 2 aromatic rings. The van der Waals surface area contributed by atoms with Crippen LogP contribution in [-0.4, -0.2) is 4.98 Å². The molecule has 0 aliphatic heterocycles. The van der Waals surface area contributed by atoms with Gasteiger partial charge in [0, 0.05) is 22.4 Å². The van der Waals surface area contributed by atoms with E-state index in [1.807, 2.05) is 0 Å². The van der Waals surface area contributed by atoms with E-state index in [1.165, 1.54) is 12.1 Å². The molecule has 0 unspecified atom stereocenters. The van der Waals surface area contributed by atoms with Crippen LogP contribution in [0.1, 0.15) is 32.0 Å². The molecule has 1 aromatic heterocycles. The van der Waals surface area contributed by atoms with Crippen LogP contribution >= 0.6 is 22.9 Å². The van der Waals surface area contributed by atoms with Gasteiger partial charge in [-0.1, -0.05) is 38.4 Å². The van der Waals surface area contributed by atoms with E-state index in [2.05, 4.69) is 36.5 Å². The molecule has 0 bridgehead atoms. The number of hydrogen-bond acceptors (Lipinski definition) is 3. The van der Waals surface area contributed by atoms with E-state index in [-0.39, 0.29) is 11.2 Å². The van der Waals surface area contributed by atoms with Crippen molar-refractivity contribution >= 4 is 28.1 Å². The zero-order chi connectivity index (χ0) is 14.0. The quantitative estimate of drug-likeness (QED) is 0.876. The van der Waals surface area contributed by atoms with Gasteiger partial charge in [0.2, 0.25) is 0 Å². The number of hydrogen-bond donors (Lipinski definition) is 1. The van der Waals surface area contributed by atoms with Gasteiger partial charge in [-0.15, -0.1) is 11.3 Å². The second kappa shape index (κ2) is 5.47. The first kappa shape index (κ1) is 14.3. The highest BCUT2D eigenvalue weighted by Crippen LogP contribution is 2.27. The summed E-state index contributed by atoms with van der Waals surface area (Å²) >= 11 is 7.54. The van der Waals surface area contributed by atoms with Gasteiger partial charge in [-0.3, -0.25) is 0 Å². The molecule has 1 heterocycles. The molecule has 1 N–H and O–H groups in total. The van der Waals surface area contributed by atoms with Gasteiger partial charge in [0.25, 0.3) is 0 Å². The molecular formula is C14H16ClFN2S. The largest absolute Gasteiger partial charge is 0.357 e. The number of halogens is 2. The summed E-state index contributed by atoms with van der Waals surface area (Å²) in [5.74, 6) is -0.321. The van der Waals surface area contributed by atoms with E-state index in [4.69, 9.17) is 11.6 Å². The molecule has 0 aliphatic carbocycles. The molecule has 5 heteroatoms. The standard InChI is InChI=1S/C14H16ClFN2S/c1-14(2,3)12-8-19-13(18-12)17-7-9-4-5-10(16)6-11(9)15/h4-6,8H,7H2,1-3H3,(H,17,18). The maximum Gasteiger partial charge on any atom is 0.183 e. The number of nitrogens with zero attached hydrogens (tertiary/aromatic N) is 1. The average molecular weight is 299 g/mol. The van der Waals surface area contributed by atoms with Gasteiger partial charge in [-0.25, -0.2) is 9.37 Å². The molecule has 1 aromatic carbocycles. The zero-order valence-electron chi connectivity index (χ0n) is 11.1.